The standard InChI is InChI=1S/C8H11.C5H5.CH2.2ClH.Zr/c1-6-4-5-7(2)8(6)3;1-2-4-5-3-1;;;;/h4H2,1-3H3;1-3H,4H2;1H2;2*1H;/q;;;;;+2/p-2. The molecule has 17 heavy (non-hydrogen) atoms. The summed E-state index contributed by atoms with van der Waals surface area (Å²) in [5.41, 5.74) is 4.65. The van der Waals surface area contributed by atoms with Crippen molar-refractivity contribution in [3.63, 3.8) is 0 Å². The fourth-order valence-electron chi connectivity index (χ4n) is 2.27. The Hall–Kier alpha value is 0.293. The van der Waals surface area contributed by atoms with E-state index in [9.17, 15) is 0 Å². The van der Waals surface area contributed by atoms with Gasteiger partial charge in [0.05, 0.1) is 0 Å². The van der Waals surface area contributed by atoms with Crippen LogP contribution in [0.1, 0.15) is 33.6 Å². The Balaban J connectivity index is 0.00000128. The third-order valence-corrected chi connectivity index (χ3v) is 9.58. The molecule has 0 saturated carbocycles. The van der Waals surface area contributed by atoms with E-state index in [0.717, 1.165) is 0 Å². The fraction of sp³-hybridized carbons (Fsp3) is 0.357. The van der Waals surface area contributed by atoms with Gasteiger partial charge >= 0.3 is 101 Å². The average molecular weight is 348 g/mol. The van der Waals surface area contributed by atoms with E-state index in [2.05, 4.69) is 43.2 Å². The molecule has 92 valence electrons. The second kappa shape index (κ2) is 7.02. The fourth-order valence-corrected chi connectivity index (χ4v) is 7.60. The molecule has 0 aromatic carbocycles. The molecule has 2 aliphatic carbocycles. The van der Waals surface area contributed by atoms with Gasteiger partial charge in [-0.25, -0.2) is 0 Å². The predicted molar refractivity (Wildman–Crippen MR) is 64.7 cm³/mol. The van der Waals surface area contributed by atoms with Gasteiger partial charge in [0, 0.05) is 0 Å². The van der Waals surface area contributed by atoms with Crippen molar-refractivity contribution in [2.75, 3.05) is 0 Å². The van der Waals surface area contributed by atoms with Crippen molar-refractivity contribution in [3.05, 3.63) is 41.5 Å². The first kappa shape index (κ1) is 17.3. The summed E-state index contributed by atoms with van der Waals surface area (Å²) >= 11 is -1.65. The van der Waals surface area contributed by atoms with Crippen molar-refractivity contribution in [1.29, 1.82) is 0 Å². The van der Waals surface area contributed by atoms with E-state index in [1.165, 1.54) is 18.4 Å². The molecule has 3 heteroatoms. The molecular formula is C14H18Cl2Zr. The van der Waals surface area contributed by atoms with Crippen LogP contribution in [0, 0.1) is 0 Å². The summed E-state index contributed by atoms with van der Waals surface area (Å²) in [4.78, 5) is 0. The molecule has 2 aliphatic rings. The van der Waals surface area contributed by atoms with Gasteiger partial charge in [-0.2, -0.15) is 0 Å². The van der Waals surface area contributed by atoms with Crippen LogP contribution in [0.5, 0.6) is 0 Å². The van der Waals surface area contributed by atoms with Crippen molar-refractivity contribution in [2.45, 2.75) is 33.6 Å². The molecule has 0 N–H and O–H groups in total. The summed E-state index contributed by atoms with van der Waals surface area (Å²) in [6, 6.07) is 0. The van der Waals surface area contributed by atoms with E-state index in [0.29, 0.717) is 0 Å². The summed E-state index contributed by atoms with van der Waals surface area (Å²) in [6.45, 7) is 6.81. The van der Waals surface area contributed by atoms with Gasteiger partial charge < -0.3 is 24.8 Å². The number of allylic oxidation sites excluding steroid dienone is 8. The topological polar surface area (TPSA) is 0 Å². The second-order valence-corrected chi connectivity index (χ2v) is 9.90. The van der Waals surface area contributed by atoms with Gasteiger partial charge in [0.25, 0.3) is 0 Å². The van der Waals surface area contributed by atoms with Gasteiger partial charge in [-0.3, -0.25) is 0 Å². The first-order chi connectivity index (χ1) is 7.11. The average Bonchev–Trinajstić information content (AvgIpc) is 2.82. The molecule has 0 saturated heterocycles. The summed E-state index contributed by atoms with van der Waals surface area (Å²) in [5, 5.41) is 0. The number of halogens is 2. The normalized spacial score (nSPS) is 17.4. The van der Waals surface area contributed by atoms with Gasteiger partial charge in [-0.1, -0.05) is 0 Å². The van der Waals surface area contributed by atoms with Gasteiger partial charge in [0.1, 0.15) is 0 Å². The Labute approximate surface area is 125 Å². The maximum atomic E-state index is 4.53. The summed E-state index contributed by atoms with van der Waals surface area (Å²) in [5.74, 6) is 0. The van der Waals surface area contributed by atoms with E-state index >= 15 is 0 Å². The zero-order valence-corrected chi connectivity index (χ0v) is 14.6. The zero-order chi connectivity index (χ0) is 11.0. The van der Waals surface area contributed by atoms with Crippen LogP contribution < -0.4 is 24.8 Å². The molecule has 0 atom stereocenters. The monoisotopic (exact) mass is 346 g/mol. The first-order valence-electron chi connectivity index (χ1n) is 5.53. The van der Waals surface area contributed by atoms with Crippen LogP contribution in [-0.2, 0) is 21.3 Å². The van der Waals surface area contributed by atoms with Gasteiger partial charge in [-0.05, 0) is 0 Å². The Morgan fingerprint density at radius 2 is 1.76 bits per heavy atom. The van der Waals surface area contributed by atoms with Gasteiger partial charge in [-0.15, -0.1) is 0 Å². The molecule has 0 aliphatic heterocycles. The molecule has 0 fully saturated rings. The van der Waals surface area contributed by atoms with Crippen LogP contribution in [0.15, 0.2) is 41.5 Å². The van der Waals surface area contributed by atoms with E-state index in [1.54, 1.807) is 17.7 Å². The molecule has 0 heterocycles. The van der Waals surface area contributed by atoms with E-state index in [4.69, 9.17) is 0 Å². The number of hydrogen-bond acceptors (Lipinski definition) is 0. The summed E-state index contributed by atoms with van der Waals surface area (Å²) < 4.78 is 7.91. The Morgan fingerprint density at radius 1 is 1.12 bits per heavy atom. The second-order valence-electron chi connectivity index (χ2n) is 4.49. The molecule has 0 bridgehead atoms. The van der Waals surface area contributed by atoms with E-state index in [1.807, 2.05) is 0 Å². The molecule has 0 unspecified atom stereocenters. The maximum absolute atomic E-state index is 4.53. The SMILES string of the molecule is [CH2]=[Zr+2]([C]1=CC=CC1)[C]1=C(C)C(C)=C(C)C1.[Cl-].[Cl-]. The Morgan fingerprint density at radius 3 is 2.18 bits per heavy atom. The minimum atomic E-state index is -1.65. The quantitative estimate of drug-likeness (QED) is 0.537. The van der Waals surface area contributed by atoms with Crippen LogP contribution in [-0.4, -0.2) is 4.21 Å². The van der Waals surface area contributed by atoms with Crippen LogP contribution >= 0.6 is 0 Å². The van der Waals surface area contributed by atoms with Crippen molar-refractivity contribution >= 4 is 4.21 Å². The minimum absolute atomic E-state index is 0. The largest absolute Gasteiger partial charge is 1.00 e. The van der Waals surface area contributed by atoms with Crippen LogP contribution in [0.25, 0.3) is 0 Å². The molecular weight excluding hydrogens is 330 g/mol. The first-order valence-corrected chi connectivity index (χ1v) is 9.72. The Bertz CT molecular complexity index is 451. The van der Waals surface area contributed by atoms with Gasteiger partial charge in [0.15, 0.2) is 0 Å². The van der Waals surface area contributed by atoms with Crippen LogP contribution in [0.4, 0.5) is 0 Å². The predicted octanol–water partition coefficient (Wildman–Crippen LogP) is -2.10. The molecule has 0 radical (unpaired) electrons. The third-order valence-electron chi connectivity index (χ3n) is 3.62. The smallest absolute Gasteiger partial charge is 1.00 e. The van der Waals surface area contributed by atoms with Crippen molar-refractivity contribution < 1.29 is 46.1 Å². The molecule has 2 rings (SSSR count). The van der Waals surface area contributed by atoms with Crippen LogP contribution in [0.2, 0.25) is 0 Å². The molecule has 0 spiro atoms. The van der Waals surface area contributed by atoms with Crippen molar-refractivity contribution in [3.8, 4) is 0 Å². The van der Waals surface area contributed by atoms with Gasteiger partial charge in [0.2, 0.25) is 0 Å². The summed E-state index contributed by atoms with van der Waals surface area (Å²) in [7, 11) is 0. The molecule has 0 nitrogen and oxygen atoms in total. The van der Waals surface area contributed by atoms with E-state index < -0.39 is 21.3 Å². The van der Waals surface area contributed by atoms with Crippen LogP contribution in [0.3, 0.4) is 0 Å². The Kier molecular flexibility index (Phi) is 7.14. The number of hydrogen-bond donors (Lipinski definition) is 0. The minimum Gasteiger partial charge on any atom is -1.00 e. The maximum Gasteiger partial charge on any atom is -1.00 e. The van der Waals surface area contributed by atoms with E-state index in [-0.39, 0.29) is 24.8 Å². The number of rotatable bonds is 2. The van der Waals surface area contributed by atoms with Crippen molar-refractivity contribution in [2.24, 2.45) is 0 Å². The molecule has 0 aromatic heterocycles. The molecule has 0 amide bonds. The third kappa shape index (κ3) is 3.40. The molecule has 0 aromatic rings. The zero-order valence-electron chi connectivity index (χ0n) is 10.6. The van der Waals surface area contributed by atoms with Crippen molar-refractivity contribution in [1.82, 2.24) is 0 Å². The summed E-state index contributed by atoms with van der Waals surface area (Å²) in [6.07, 6.45) is 9.16.